The largest absolute Gasteiger partial charge is 0.494 e. The Balaban J connectivity index is 2.31. The van der Waals surface area contributed by atoms with Gasteiger partial charge in [-0.05, 0) is 42.8 Å². The van der Waals surface area contributed by atoms with Gasteiger partial charge in [-0.15, -0.1) is 0 Å². The second-order valence-corrected chi connectivity index (χ2v) is 5.29. The van der Waals surface area contributed by atoms with Crippen LogP contribution in [0.25, 0.3) is 16.5 Å². The van der Waals surface area contributed by atoms with Crippen LogP contribution in [-0.2, 0) is 0 Å². The Hall–Kier alpha value is -1.81. The van der Waals surface area contributed by atoms with Crippen molar-refractivity contribution in [3.05, 3.63) is 58.4 Å². The van der Waals surface area contributed by atoms with Gasteiger partial charge in [0.1, 0.15) is 5.82 Å². The Labute approximate surface area is 118 Å². The lowest BCUT2D eigenvalue weighted by Gasteiger charge is -2.09. The van der Waals surface area contributed by atoms with Gasteiger partial charge in [0.25, 0.3) is 0 Å². The molecule has 0 unspecified atom stereocenters. The quantitative estimate of drug-likeness (QED) is 0.699. The third-order valence-corrected chi connectivity index (χ3v) is 4.11. The van der Waals surface area contributed by atoms with Crippen molar-refractivity contribution in [3.63, 3.8) is 0 Å². The van der Waals surface area contributed by atoms with Crippen LogP contribution in [0.4, 0.5) is 4.39 Å². The van der Waals surface area contributed by atoms with Crippen LogP contribution in [0.1, 0.15) is 5.56 Å². The number of benzene rings is 2. The summed E-state index contributed by atoms with van der Waals surface area (Å²) in [4.78, 5) is 0. The van der Waals surface area contributed by atoms with Crippen molar-refractivity contribution in [2.45, 2.75) is 6.92 Å². The molecule has 0 atom stereocenters. The summed E-state index contributed by atoms with van der Waals surface area (Å²) in [6.45, 7) is 1.96. The van der Waals surface area contributed by atoms with E-state index in [0.29, 0.717) is 5.39 Å². The Morgan fingerprint density at radius 2 is 2.00 bits per heavy atom. The number of rotatable bonds is 1. The predicted octanol–water partition coefficient (Wildman–Crippen LogP) is 4.55. The molecule has 0 saturated carbocycles. The van der Waals surface area contributed by atoms with Gasteiger partial charge in [0.2, 0.25) is 5.88 Å². The molecule has 4 heteroatoms. The molecule has 2 nitrogen and oxygen atoms in total. The third kappa shape index (κ3) is 1.92. The molecule has 0 aliphatic heterocycles. The summed E-state index contributed by atoms with van der Waals surface area (Å²) < 4.78 is 15.9. The number of halogens is 2. The van der Waals surface area contributed by atoms with Crippen LogP contribution < -0.4 is 0 Å². The first-order valence-electron chi connectivity index (χ1n) is 5.83. The SMILES string of the molecule is Cc1c(Br)cccc1-n1cc2ccc(F)cc2c1O. The van der Waals surface area contributed by atoms with Gasteiger partial charge < -0.3 is 5.11 Å². The molecule has 0 saturated heterocycles. The lowest BCUT2D eigenvalue weighted by atomic mass is 10.2. The van der Waals surface area contributed by atoms with Crippen LogP contribution in [0.2, 0.25) is 0 Å². The highest BCUT2D eigenvalue weighted by Gasteiger charge is 2.12. The van der Waals surface area contributed by atoms with Crippen molar-refractivity contribution in [1.29, 1.82) is 0 Å². The molecule has 19 heavy (non-hydrogen) atoms. The van der Waals surface area contributed by atoms with E-state index in [1.807, 2.05) is 25.1 Å². The van der Waals surface area contributed by atoms with Crippen molar-refractivity contribution in [2.75, 3.05) is 0 Å². The molecule has 0 amide bonds. The fourth-order valence-corrected chi connectivity index (χ4v) is 2.56. The first kappa shape index (κ1) is 12.2. The zero-order valence-corrected chi connectivity index (χ0v) is 11.8. The molecule has 96 valence electrons. The summed E-state index contributed by atoms with van der Waals surface area (Å²) in [7, 11) is 0. The first-order valence-corrected chi connectivity index (χ1v) is 6.62. The number of fused-ring (bicyclic) bond motifs is 1. The number of nitrogens with zero attached hydrogens (tertiary/aromatic N) is 1. The molecule has 1 heterocycles. The van der Waals surface area contributed by atoms with Crippen LogP contribution in [0.15, 0.2) is 47.1 Å². The Morgan fingerprint density at radius 1 is 1.21 bits per heavy atom. The van der Waals surface area contributed by atoms with E-state index >= 15 is 0 Å². The molecule has 3 rings (SSSR count). The van der Waals surface area contributed by atoms with Gasteiger partial charge in [0.05, 0.1) is 5.69 Å². The first-order chi connectivity index (χ1) is 9.08. The summed E-state index contributed by atoms with van der Waals surface area (Å²) in [5, 5.41) is 11.6. The summed E-state index contributed by atoms with van der Waals surface area (Å²) in [6.07, 6.45) is 1.80. The van der Waals surface area contributed by atoms with E-state index in [1.54, 1.807) is 16.8 Å². The number of aromatic hydroxyl groups is 1. The van der Waals surface area contributed by atoms with Crippen molar-refractivity contribution in [2.24, 2.45) is 0 Å². The molecule has 0 aliphatic rings. The fourth-order valence-electron chi connectivity index (χ4n) is 2.21. The third-order valence-electron chi connectivity index (χ3n) is 3.25. The average molecular weight is 320 g/mol. The lowest BCUT2D eigenvalue weighted by molar-refractivity contribution is 0.448. The van der Waals surface area contributed by atoms with Gasteiger partial charge in [-0.1, -0.05) is 22.0 Å². The molecule has 0 radical (unpaired) electrons. The maximum atomic E-state index is 13.2. The Bertz CT molecular complexity index is 779. The van der Waals surface area contributed by atoms with Gasteiger partial charge in [-0.2, -0.15) is 0 Å². The highest BCUT2D eigenvalue weighted by atomic mass is 79.9. The van der Waals surface area contributed by atoms with Gasteiger partial charge in [0, 0.05) is 21.4 Å². The summed E-state index contributed by atoms with van der Waals surface area (Å²) >= 11 is 3.47. The fraction of sp³-hybridized carbons (Fsp3) is 0.0667. The van der Waals surface area contributed by atoms with E-state index < -0.39 is 0 Å². The smallest absolute Gasteiger partial charge is 0.203 e. The Morgan fingerprint density at radius 3 is 2.79 bits per heavy atom. The maximum absolute atomic E-state index is 13.2. The molecule has 3 aromatic rings. The van der Waals surface area contributed by atoms with Crippen molar-refractivity contribution < 1.29 is 9.50 Å². The minimum atomic E-state index is -0.355. The Kier molecular flexibility index (Phi) is 2.82. The molecule has 1 aromatic heterocycles. The molecular formula is C15H11BrFNO. The van der Waals surface area contributed by atoms with E-state index in [1.165, 1.54) is 12.1 Å². The predicted molar refractivity (Wildman–Crippen MR) is 77.3 cm³/mol. The minimum absolute atomic E-state index is 0.0516. The zero-order chi connectivity index (χ0) is 13.6. The standard InChI is InChI=1S/C15H11BrFNO/c1-9-13(16)3-2-4-14(9)18-8-10-5-6-11(17)7-12(10)15(18)19/h2-8,19H,1H3. The van der Waals surface area contributed by atoms with Crippen LogP contribution >= 0.6 is 15.9 Å². The van der Waals surface area contributed by atoms with Crippen LogP contribution in [0, 0.1) is 12.7 Å². The topological polar surface area (TPSA) is 25.2 Å². The number of hydrogen-bond donors (Lipinski definition) is 1. The molecule has 1 N–H and O–H groups in total. The lowest BCUT2D eigenvalue weighted by Crippen LogP contribution is -1.94. The van der Waals surface area contributed by atoms with E-state index in [0.717, 1.165) is 21.1 Å². The second kappa shape index (κ2) is 4.38. The summed E-state index contributed by atoms with van der Waals surface area (Å²) in [5.74, 6) is -0.304. The van der Waals surface area contributed by atoms with Crippen LogP contribution in [0.3, 0.4) is 0 Å². The second-order valence-electron chi connectivity index (χ2n) is 4.44. The molecule has 0 aliphatic carbocycles. The van der Waals surface area contributed by atoms with Gasteiger partial charge in [-0.3, -0.25) is 4.57 Å². The van der Waals surface area contributed by atoms with Gasteiger partial charge in [0.15, 0.2) is 0 Å². The molecule has 0 spiro atoms. The van der Waals surface area contributed by atoms with Crippen LogP contribution in [0.5, 0.6) is 5.88 Å². The van der Waals surface area contributed by atoms with Gasteiger partial charge >= 0.3 is 0 Å². The summed E-state index contributed by atoms with van der Waals surface area (Å²) in [5.41, 5.74) is 1.88. The molecular weight excluding hydrogens is 309 g/mol. The minimum Gasteiger partial charge on any atom is -0.494 e. The zero-order valence-electron chi connectivity index (χ0n) is 10.2. The number of aromatic nitrogens is 1. The van der Waals surface area contributed by atoms with E-state index in [2.05, 4.69) is 15.9 Å². The van der Waals surface area contributed by atoms with Crippen LogP contribution in [-0.4, -0.2) is 9.67 Å². The van der Waals surface area contributed by atoms with E-state index in [9.17, 15) is 9.50 Å². The van der Waals surface area contributed by atoms with E-state index in [4.69, 9.17) is 0 Å². The normalized spacial score (nSPS) is 11.1. The van der Waals surface area contributed by atoms with Gasteiger partial charge in [-0.25, -0.2) is 4.39 Å². The number of hydrogen-bond acceptors (Lipinski definition) is 1. The van der Waals surface area contributed by atoms with Crippen molar-refractivity contribution in [3.8, 4) is 11.6 Å². The monoisotopic (exact) mass is 319 g/mol. The molecule has 0 fully saturated rings. The highest BCUT2D eigenvalue weighted by Crippen LogP contribution is 2.33. The molecule has 2 aromatic carbocycles. The summed E-state index contributed by atoms with van der Waals surface area (Å²) in [6, 6.07) is 10.1. The molecule has 0 bridgehead atoms. The highest BCUT2D eigenvalue weighted by molar-refractivity contribution is 9.10. The maximum Gasteiger partial charge on any atom is 0.203 e. The van der Waals surface area contributed by atoms with Crippen molar-refractivity contribution in [1.82, 2.24) is 4.57 Å². The van der Waals surface area contributed by atoms with E-state index in [-0.39, 0.29) is 11.7 Å². The van der Waals surface area contributed by atoms with Crippen molar-refractivity contribution >= 4 is 26.7 Å². The average Bonchev–Trinajstić information content (AvgIpc) is 2.70.